The highest BCUT2D eigenvalue weighted by molar-refractivity contribution is 5.51. The lowest BCUT2D eigenvalue weighted by Crippen LogP contribution is -2.46. The van der Waals surface area contributed by atoms with Gasteiger partial charge in [0, 0.05) is 32.7 Å². The molecule has 0 unspecified atom stereocenters. The molecule has 1 aromatic carbocycles. The second kappa shape index (κ2) is 6.30. The van der Waals surface area contributed by atoms with Gasteiger partial charge < -0.3 is 15.1 Å². The van der Waals surface area contributed by atoms with E-state index in [1.165, 1.54) is 12.1 Å². The molecule has 1 heterocycles. The molecule has 1 aliphatic heterocycles. The highest BCUT2D eigenvalue weighted by Crippen LogP contribution is 2.26. The van der Waals surface area contributed by atoms with E-state index >= 15 is 0 Å². The van der Waals surface area contributed by atoms with Crippen molar-refractivity contribution in [3.8, 4) is 0 Å². The minimum absolute atomic E-state index is 0.121. The molecule has 3 nitrogen and oxygen atoms in total. The van der Waals surface area contributed by atoms with Crippen molar-refractivity contribution in [1.29, 1.82) is 0 Å². The van der Waals surface area contributed by atoms with Gasteiger partial charge in [-0.15, -0.1) is 0 Å². The highest BCUT2D eigenvalue weighted by atomic mass is 19.1. The average Bonchev–Trinajstić information content (AvgIpc) is 2.39. The summed E-state index contributed by atoms with van der Waals surface area (Å²) in [6.07, 6.45) is 0. The lowest BCUT2D eigenvalue weighted by atomic mass is 10.1. The Morgan fingerprint density at radius 3 is 2.16 bits per heavy atom. The fourth-order valence-electron chi connectivity index (χ4n) is 2.51. The number of benzene rings is 1. The van der Waals surface area contributed by atoms with Crippen LogP contribution in [0.2, 0.25) is 0 Å². The highest BCUT2D eigenvalue weighted by Gasteiger charge is 2.22. The Kier molecular flexibility index (Phi) is 4.71. The summed E-state index contributed by atoms with van der Waals surface area (Å²) in [5.41, 5.74) is 0.754. The van der Waals surface area contributed by atoms with E-state index in [1.807, 2.05) is 0 Å². The monoisotopic (exact) mass is 269 g/mol. The molecule has 1 aromatic rings. The molecule has 1 saturated heterocycles. The van der Waals surface area contributed by atoms with Crippen LogP contribution < -0.4 is 10.2 Å². The Balaban J connectivity index is 2.16. The Bertz CT molecular complexity index is 406. The molecule has 0 spiro atoms. The quantitative estimate of drug-likeness (QED) is 0.899. The molecular formula is C14H21F2N3. The molecule has 0 atom stereocenters. The molecule has 0 aliphatic carbocycles. The predicted octanol–water partition coefficient (Wildman–Crippen LogP) is 1.83. The largest absolute Gasteiger partial charge is 0.364 e. The summed E-state index contributed by atoms with van der Waals surface area (Å²) in [7, 11) is 1.76. The summed E-state index contributed by atoms with van der Waals surface area (Å²) in [4.78, 5) is 4.08. The number of nitrogens with zero attached hydrogens (tertiary/aromatic N) is 2. The Morgan fingerprint density at radius 2 is 1.68 bits per heavy atom. The third kappa shape index (κ3) is 3.22. The number of rotatable bonds is 4. The molecule has 19 heavy (non-hydrogen) atoms. The van der Waals surface area contributed by atoms with E-state index in [4.69, 9.17) is 0 Å². The van der Waals surface area contributed by atoms with Crippen molar-refractivity contribution >= 4 is 5.69 Å². The molecule has 0 amide bonds. The topological polar surface area (TPSA) is 18.5 Å². The first-order chi connectivity index (χ1) is 9.15. The van der Waals surface area contributed by atoms with Crippen molar-refractivity contribution in [1.82, 2.24) is 10.2 Å². The van der Waals surface area contributed by atoms with Crippen LogP contribution in [0.3, 0.4) is 0 Å². The van der Waals surface area contributed by atoms with Crippen molar-refractivity contribution in [2.24, 2.45) is 0 Å². The van der Waals surface area contributed by atoms with E-state index in [9.17, 15) is 8.78 Å². The molecule has 0 aromatic heterocycles. The number of anilines is 1. The summed E-state index contributed by atoms with van der Waals surface area (Å²) < 4.78 is 28.1. The molecular weight excluding hydrogens is 248 g/mol. The molecule has 5 heteroatoms. The van der Waals surface area contributed by atoms with E-state index in [-0.39, 0.29) is 5.69 Å². The number of piperazine rings is 1. The van der Waals surface area contributed by atoms with Gasteiger partial charge in [-0.2, -0.15) is 0 Å². The van der Waals surface area contributed by atoms with E-state index in [0.717, 1.165) is 19.6 Å². The van der Waals surface area contributed by atoms with Crippen molar-refractivity contribution in [3.63, 3.8) is 0 Å². The van der Waals surface area contributed by atoms with Gasteiger partial charge in [-0.25, -0.2) is 8.78 Å². The fourth-order valence-corrected chi connectivity index (χ4v) is 2.51. The molecule has 106 valence electrons. The maximum atomic E-state index is 14.1. The molecule has 0 bridgehead atoms. The zero-order valence-corrected chi connectivity index (χ0v) is 11.5. The molecule has 1 aliphatic rings. The molecule has 1 fully saturated rings. The van der Waals surface area contributed by atoms with E-state index in [0.29, 0.717) is 25.2 Å². The number of hydrogen-bond acceptors (Lipinski definition) is 3. The summed E-state index contributed by atoms with van der Waals surface area (Å²) >= 11 is 0. The van der Waals surface area contributed by atoms with Crippen LogP contribution in [-0.2, 0) is 6.54 Å². The van der Waals surface area contributed by atoms with Gasteiger partial charge in [0.2, 0.25) is 0 Å². The van der Waals surface area contributed by atoms with Crippen LogP contribution in [0.25, 0.3) is 0 Å². The maximum Gasteiger partial charge on any atom is 0.149 e. The molecule has 2 rings (SSSR count). The van der Waals surface area contributed by atoms with Crippen LogP contribution in [0.15, 0.2) is 12.1 Å². The third-order valence-electron chi connectivity index (χ3n) is 3.59. The Morgan fingerprint density at radius 1 is 1.11 bits per heavy atom. The number of nitrogens with one attached hydrogen (secondary N) is 1. The van der Waals surface area contributed by atoms with E-state index in [2.05, 4.69) is 17.1 Å². The first-order valence-electron chi connectivity index (χ1n) is 6.75. The van der Waals surface area contributed by atoms with Crippen LogP contribution in [0.5, 0.6) is 0 Å². The second-order valence-electron chi connectivity index (χ2n) is 4.86. The summed E-state index contributed by atoms with van der Waals surface area (Å²) in [6.45, 7) is 6.61. The van der Waals surface area contributed by atoms with Gasteiger partial charge in [0.15, 0.2) is 0 Å². The van der Waals surface area contributed by atoms with Crippen LogP contribution in [0.1, 0.15) is 12.5 Å². The summed E-state index contributed by atoms with van der Waals surface area (Å²) in [5, 5.41) is 2.90. The van der Waals surface area contributed by atoms with Gasteiger partial charge in [0.05, 0.1) is 0 Å². The lowest BCUT2D eigenvalue weighted by Gasteiger charge is -2.35. The molecule has 0 radical (unpaired) electrons. The summed E-state index contributed by atoms with van der Waals surface area (Å²) in [6, 6.07) is 2.84. The van der Waals surface area contributed by atoms with Crippen LogP contribution in [0, 0.1) is 11.6 Å². The van der Waals surface area contributed by atoms with Crippen LogP contribution >= 0.6 is 0 Å². The van der Waals surface area contributed by atoms with Gasteiger partial charge in [-0.1, -0.05) is 6.92 Å². The SMILES string of the molecule is CCN1CCN(c2c(F)cc(CNC)cc2F)CC1. The van der Waals surface area contributed by atoms with Gasteiger partial charge in [-0.3, -0.25) is 0 Å². The van der Waals surface area contributed by atoms with Crippen LogP contribution in [-0.4, -0.2) is 44.7 Å². The minimum Gasteiger partial charge on any atom is -0.364 e. The number of likely N-dealkylation sites (N-methyl/N-ethyl adjacent to an activating group) is 1. The van der Waals surface area contributed by atoms with Crippen molar-refractivity contribution in [2.45, 2.75) is 13.5 Å². The third-order valence-corrected chi connectivity index (χ3v) is 3.59. The Labute approximate surface area is 113 Å². The van der Waals surface area contributed by atoms with Gasteiger partial charge >= 0.3 is 0 Å². The molecule has 1 N–H and O–H groups in total. The first-order valence-corrected chi connectivity index (χ1v) is 6.75. The normalized spacial score (nSPS) is 16.9. The fraction of sp³-hybridized carbons (Fsp3) is 0.571. The smallest absolute Gasteiger partial charge is 0.149 e. The summed E-state index contributed by atoms with van der Waals surface area (Å²) in [5.74, 6) is -0.926. The standard InChI is InChI=1S/C14H21F2N3/c1-3-18-4-6-19(7-5-18)14-12(15)8-11(10-17-2)9-13(14)16/h8-9,17H,3-7,10H2,1-2H3. The minimum atomic E-state index is -0.463. The zero-order chi connectivity index (χ0) is 13.8. The molecule has 0 saturated carbocycles. The van der Waals surface area contributed by atoms with Gasteiger partial charge in [0.1, 0.15) is 17.3 Å². The second-order valence-corrected chi connectivity index (χ2v) is 4.86. The number of hydrogen-bond donors (Lipinski definition) is 1. The van der Waals surface area contributed by atoms with Crippen molar-refractivity contribution in [2.75, 3.05) is 44.7 Å². The average molecular weight is 269 g/mol. The van der Waals surface area contributed by atoms with Crippen molar-refractivity contribution < 1.29 is 8.78 Å². The zero-order valence-electron chi connectivity index (χ0n) is 11.5. The predicted molar refractivity (Wildman–Crippen MR) is 73.4 cm³/mol. The first kappa shape index (κ1) is 14.2. The Hall–Kier alpha value is -1.20. The number of halogens is 2. The van der Waals surface area contributed by atoms with E-state index in [1.54, 1.807) is 11.9 Å². The van der Waals surface area contributed by atoms with Gasteiger partial charge in [-0.05, 0) is 31.3 Å². The lowest BCUT2D eigenvalue weighted by molar-refractivity contribution is 0.269. The van der Waals surface area contributed by atoms with E-state index < -0.39 is 11.6 Å². The van der Waals surface area contributed by atoms with Crippen molar-refractivity contribution in [3.05, 3.63) is 29.3 Å². The van der Waals surface area contributed by atoms with Gasteiger partial charge in [0.25, 0.3) is 0 Å². The van der Waals surface area contributed by atoms with Crippen LogP contribution in [0.4, 0.5) is 14.5 Å². The maximum absolute atomic E-state index is 14.1.